The van der Waals surface area contributed by atoms with Gasteiger partial charge in [0.05, 0.1) is 6.54 Å². The van der Waals surface area contributed by atoms with Crippen LogP contribution in [-0.4, -0.2) is 29.0 Å². The maximum Gasteiger partial charge on any atom is 0.266 e. The minimum absolute atomic E-state index is 0.0887. The van der Waals surface area contributed by atoms with Crippen molar-refractivity contribution in [3.05, 3.63) is 17.0 Å². The molecule has 0 saturated carbocycles. The third-order valence-corrected chi connectivity index (χ3v) is 2.57. The van der Waals surface area contributed by atoms with E-state index in [1.54, 1.807) is 18.0 Å². The van der Waals surface area contributed by atoms with Crippen molar-refractivity contribution in [2.75, 3.05) is 18.0 Å². The molecule has 1 aliphatic heterocycles. The Balaban J connectivity index is 2.27. The number of rotatable bonds is 1. The molecule has 0 aliphatic carbocycles. The van der Waals surface area contributed by atoms with Gasteiger partial charge in [0.2, 0.25) is 5.28 Å². The molecule has 15 heavy (non-hydrogen) atoms. The molecule has 0 spiro atoms. The number of aromatic nitrogens is 2. The van der Waals surface area contributed by atoms with E-state index in [4.69, 9.17) is 11.6 Å². The smallest absolute Gasteiger partial charge is 0.266 e. The van der Waals surface area contributed by atoms with Crippen LogP contribution in [0.3, 0.4) is 0 Å². The van der Waals surface area contributed by atoms with Crippen molar-refractivity contribution >= 4 is 17.4 Å². The van der Waals surface area contributed by atoms with Gasteiger partial charge < -0.3 is 4.90 Å². The number of nitrogens with zero attached hydrogens (tertiary/aromatic N) is 3. The van der Waals surface area contributed by atoms with Gasteiger partial charge in [-0.3, -0.25) is 0 Å². The molecule has 3 nitrogen and oxygen atoms in total. The number of halogens is 3. The average molecular weight is 234 g/mol. The molecule has 2 rings (SSSR count). The lowest BCUT2D eigenvalue weighted by atomic mass is 10.3. The minimum atomic E-state index is -2.62. The SMILES string of the molecule is Cc1cnc(Cl)nc1N1CCC(F)(F)C1. The summed E-state index contributed by atoms with van der Waals surface area (Å²) < 4.78 is 26.0. The fourth-order valence-electron chi connectivity index (χ4n) is 1.65. The molecule has 0 N–H and O–H groups in total. The first-order valence-electron chi connectivity index (χ1n) is 4.60. The molecule has 2 heterocycles. The lowest BCUT2D eigenvalue weighted by Gasteiger charge is -2.18. The summed E-state index contributed by atoms with van der Waals surface area (Å²) in [5.74, 6) is -2.11. The van der Waals surface area contributed by atoms with Crippen LogP contribution in [0.5, 0.6) is 0 Å². The predicted molar refractivity (Wildman–Crippen MR) is 53.6 cm³/mol. The van der Waals surface area contributed by atoms with Gasteiger partial charge in [-0.05, 0) is 18.5 Å². The standard InChI is InChI=1S/C9H10ClF2N3/c1-6-4-13-8(10)14-7(6)15-3-2-9(11,12)5-15/h4H,2-3,5H2,1H3. The van der Waals surface area contributed by atoms with Gasteiger partial charge >= 0.3 is 0 Å². The third kappa shape index (κ3) is 2.17. The fourth-order valence-corrected chi connectivity index (χ4v) is 1.78. The van der Waals surface area contributed by atoms with Gasteiger partial charge in [-0.25, -0.2) is 18.7 Å². The Morgan fingerprint density at radius 2 is 2.27 bits per heavy atom. The summed E-state index contributed by atoms with van der Waals surface area (Å²) >= 11 is 5.63. The lowest BCUT2D eigenvalue weighted by molar-refractivity contribution is 0.0256. The van der Waals surface area contributed by atoms with Crippen LogP contribution in [-0.2, 0) is 0 Å². The molecule has 0 radical (unpaired) electrons. The number of aryl methyl sites for hydroxylation is 1. The Kier molecular flexibility index (Phi) is 2.50. The second-order valence-corrected chi connectivity index (χ2v) is 4.01. The lowest BCUT2D eigenvalue weighted by Crippen LogP contribution is -2.26. The second-order valence-electron chi connectivity index (χ2n) is 3.67. The molecule has 0 aromatic carbocycles. The molecule has 0 unspecified atom stereocenters. The quantitative estimate of drug-likeness (QED) is 0.697. The van der Waals surface area contributed by atoms with Gasteiger partial charge in [0.1, 0.15) is 5.82 Å². The highest BCUT2D eigenvalue weighted by Gasteiger charge is 2.39. The summed E-state index contributed by atoms with van der Waals surface area (Å²) in [5.41, 5.74) is 0.761. The fraction of sp³-hybridized carbons (Fsp3) is 0.556. The highest BCUT2D eigenvalue weighted by atomic mass is 35.5. The van der Waals surface area contributed by atoms with E-state index in [-0.39, 0.29) is 18.2 Å². The van der Waals surface area contributed by atoms with Crippen LogP contribution in [0.4, 0.5) is 14.6 Å². The van der Waals surface area contributed by atoms with Crippen molar-refractivity contribution in [1.29, 1.82) is 0 Å². The summed E-state index contributed by atoms with van der Waals surface area (Å²) in [6, 6.07) is 0. The minimum Gasteiger partial charge on any atom is -0.350 e. The summed E-state index contributed by atoms with van der Waals surface area (Å²) in [7, 11) is 0. The van der Waals surface area contributed by atoms with E-state index in [2.05, 4.69) is 9.97 Å². The first kappa shape index (κ1) is 10.5. The zero-order valence-electron chi connectivity index (χ0n) is 8.17. The monoisotopic (exact) mass is 233 g/mol. The van der Waals surface area contributed by atoms with Gasteiger partial charge in [0.25, 0.3) is 5.92 Å². The molecule has 82 valence electrons. The highest BCUT2D eigenvalue weighted by Crippen LogP contribution is 2.31. The summed E-state index contributed by atoms with van der Waals surface area (Å²) in [5, 5.41) is 0.0887. The molecule has 1 fully saturated rings. The molecule has 1 saturated heterocycles. The van der Waals surface area contributed by atoms with Crippen LogP contribution in [0.25, 0.3) is 0 Å². The Bertz CT molecular complexity index is 384. The second kappa shape index (κ2) is 3.56. The first-order chi connectivity index (χ1) is 6.98. The van der Waals surface area contributed by atoms with E-state index in [0.29, 0.717) is 12.4 Å². The molecule has 0 atom stereocenters. The number of anilines is 1. The van der Waals surface area contributed by atoms with Crippen LogP contribution in [0.1, 0.15) is 12.0 Å². The Morgan fingerprint density at radius 3 is 2.87 bits per heavy atom. The van der Waals surface area contributed by atoms with Crippen molar-refractivity contribution < 1.29 is 8.78 Å². The molecule has 1 aliphatic rings. The molecule has 1 aromatic rings. The van der Waals surface area contributed by atoms with Crippen molar-refractivity contribution in [3.8, 4) is 0 Å². The summed E-state index contributed by atoms with van der Waals surface area (Å²) in [4.78, 5) is 9.30. The predicted octanol–water partition coefficient (Wildman–Crippen LogP) is 2.28. The third-order valence-electron chi connectivity index (χ3n) is 2.38. The maximum absolute atomic E-state index is 13.0. The molecule has 1 aromatic heterocycles. The Hall–Kier alpha value is -0.970. The van der Waals surface area contributed by atoms with Gasteiger partial charge in [0.15, 0.2) is 0 Å². The summed E-state index contributed by atoms with van der Waals surface area (Å²) in [6.45, 7) is 1.80. The van der Waals surface area contributed by atoms with Crippen LogP contribution in [0.2, 0.25) is 5.28 Å². The number of hydrogen-bond acceptors (Lipinski definition) is 3. The molecule has 0 amide bonds. The Morgan fingerprint density at radius 1 is 1.53 bits per heavy atom. The molecule has 0 bridgehead atoms. The van der Waals surface area contributed by atoms with E-state index in [1.807, 2.05) is 0 Å². The van der Waals surface area contributed by atoms with E-state index in [0.717, 1.165) is 5.56 Å². The topological polar surface area (TPSA) is 29.0 Å². The van der Waals surface area contributed by atoms with Crippen LogP contribution < -0.4 is 4.90 Å². The van der Waals surface area contributed by atoms with E-state index in [1.165, 1.54) is 0 Å². The normalized spacial score (nSPS) is 19.6. The number of hydrogen-bond donors (Lipinski definition) is 0. The van der Waals surface area contributed by atoms with Crippen LogP contribution in [0, 0.1) is 6.92 Å². The van der Waals surface area contributed by atoms with Gasteiger partial charge in [0, 0.05) is 24.7 Å². The highest BCUT2D eigenvalue weighted by molar-refractivity contribution is 6.28. The largest absolute Gasteiger partial charge is 0.350 e. The maximum atomic E-state index is 13.0. The van der Waals surface area contributed by atoms with Crippen LogP contribution >= 0.6 is 11.6 Å². The summed E-state index contributed by atoms with van der Waals surface area (Å²) in [6.07, 6.45) is 1.41. The van der Waals surface area contributed by atoms with Crippen molar-refractivity contribution in [2.45, 2.75) is 19.3 Å². The zero-order chi connectivity index (χ0) is 11.1. The van der Waals surface area contributed by atoms with Gasteiger partial charge in [-0.1, -0.05) is 0 Å². The molecular formula is C9H10ClF2N3. The molecular weight excluding hydrogens is 224 g/mol. The van der Waals surface area contributed by atoms with Crippen molar-refractivity contribution in [1.82, 2.24) is 9.97 Å². The van der Waals surface area contributed by atoms with E-state index in [9.17, 15) is 8.78 Å². The van der Waals surface area contributed by atoms with Gasteiger partial charge in [-0.2, -0.15) is 0 Å². The van der Waals surface area contributed by atoms with E-state index < -0.39 is 5.92 Å². The van der Waals surface area contributed by atoms with Gasteiger partial charge in [-0.15, -0.1) is 0 Å². The van der Waals surface area contributed by atoms with Crippen LogP contribution in [0.15, 0.2) is 6.20 Å². The van der Waals surface area contributed by atoms with E-state index >= 15 is 0 Å². The number of alkyl halides is 2. The first-order valence-corrected chi connectivity index (χ1v) is 4.98. The average Bonchev–Trinajstić information content (AvgIpc) is 2.50. The zero-order valence-corrected chi connectivity index (χ0v) is 8.93. The van der Waals surface area contributed by atoms with Crippen molar-refractivity contribution in [2.24, 2.45) is 0 Å². The molecule has 6 heteroatoms. The Labute approximate surface area is 91.1 Å². The van der Waals surface area contributed by atoms with Crippen molar-refractivity contribution in [3.63, 3.8) is 0 Å².